The first-order valence-electron chi connectivity index (χ1n) is 4.37. The van der Waals surface area contributed by atoms with Crippen LogP contribution < -0.4 is 0 Å². The lowest BCUT2D eigenvalue weighted by Gasteiger charge is -2.06. The maximum Gasteiger partial charge on any atom is 0.417 e. The highest BCUT2D eigenvalue weighted by molar-refractivity contribution is 5.51. The third-order valence-corrected chi connectivity index (χ3v) is 1.76. The molecule has 0 aromatic heterocycles. The average Bonchev–Trinajstić information content (AvgIpc) is 2.24. The van der Waals surface area contributed by atoms with Crippen molar-refractivity contribution in [3.63, 3.8) is 0 Å². The predicted octanol–water partition coefficient (Wildman–Crippen LogP) is 2.80. The van der Waals surface area contributed by atoms with Crippen LogP contribution in [0, 0.1) is 0 Å². The van der Waals surface area contributed by atoms with E-state index in [1.165, 1.54) is 30.8 Å². The molecule has 0 unspecified atom stereocenters. The molecule has 0 saturated heterocycles. The molecule has 85 valence electrons. The summed E-state index contributed by atoms with van der Waals surface area (Å²) >= 11 is 0. The number of rotatable bonds is 4. The molecule has 0 atom stereocenters. The number of hydrogen-bond acceptors (Lipinski definition) is 2. The summed E-state index contributed by atoms with van der Waals surface area (Å²) in [6.45, 7) is 1.19. The lowest BCUT2D eigenvalue weighted by Crippen LogP contribution is -2.04. The number of alkyl halides is 3. The fourth-order valence-corrected chi connectivity index (χ4v) is 1.08. The Bertz CT molecular complexity index is 383. The van der Waals surface area contributed by atoms with Gasteiger partial charge in [-0.25, -0.2) is 4.79 Å². The molecule has 0 saturated carbocycles. The van der Waals surface area contributed by atoms with Gasteiger partial charge in [0.05, 0.1) is 5.56 Å². The van der Waals surface area contributed by atoms with Gasteiger partial charge in [0, 0.05) is 0 Å². The van der Waals surface area contributed by atoms with Gasteiger partial charge in [-0.2, -0.15) is 13.2 Å². The Morgan fingerprint density at radius 1 is 1.38 bits per heavy atom. The molecule has 0 fully saturated rings. The molecule has 0 aliphatic rings. The summed E-state index contributed by atoms with van der Waals surface area (Å²) in [4.78, 5) is 9.67. The van der Waals surface area contributed by atoms with Crippen LogP contribution in [-0.4, -0.2) is 13.1 Å². The van der Waals surface area contributed by atoms with Gasteiger partial charge in [-0.1, -0.05) is 18.2 Å². The maximum atomic E-state index is 12.3. The van der Waals surface area contributed by atoms with Crippen LogP contribution >= 0.6 is 0 Å². The quantitative estimate of drug-likeness (QED) is 0.742. The van der Waals surface area contributed by atoms with Crippen molar-refractivity contribution in [3.8, 4) is 0 Å². The fraction of sp³-hybridized carbons (Fsp3) is 0.182. The minimum absolute atomic E-state index is 0.0141. The van der Waals surface area contributed by atoms with Gasteiger partial charge in [-0.3, -0.25) is 0 Å². The third-order valence-electron chi connectivity index (χ3n) is 1.76. The van der Waals surface area contributed by atoms with E-state index in [-0.39, 0.29) is 6.61 Å². The second-order valence-corrected chi connectivity index (χ2v) is 2.92. The lowest BCUT2D eigenvalue weighted by atomic mass is 10.1. The second-order valence-electron chi connectivity index (χ2n) is 2.92. The molecule has 1 radical (unpaired) electrons. The summed E-state index contributed by atoms with van der Waals surface area (Å²) in [5.41, 5.74) is -0.318. The maximum absolute atomic E-state index is 12.3. The minimum Gasteiger partial charge on any atom is -0.453 e. The van der Waals surface area contributed by atoms with E-state index < -0.39 is 11.7 Å². The minimum atomic E-state index is -4.35. The molecule has 0 amide bonds. The average molecular weight is 229 g/mol. The van der Waals surface area contributed by atoms with Crippen LogP contribution in [0.5, 0.6) is 0 Å². The van der Waals surface area contributed by atoms with E-state index in [4.69, 9.17) is 0 Å². The molecule has 1 aromatic rings. The van der Waals surface area contributed by atoms with Crippen molar-refractivity contribution in [2.75, 3.05) is 6.61 Å². The van der Waals surface area contributed by atoms with E-state index >= 15 is 0 Å². The van der Waals surface area contributed by atoms with Gasteiger partial charge in [-0.05, 0) is 23.8 Å². The summed E-state index contributed by atoms with van der Waals surface area (Å²) in [5, 5.41) is 0. The topological polar surface area (TPSA) is 26.3 Å². The van der Waals surface area contributed by atoms with Crippen molar-refractivity contribution in [2.24, 2.45) is 0 Å². The van der Waals surface area contributed by atoms with Crippen LogP contribution in [0.15, 0.2) is 30.3 Å². The number of carbonyl (C=O) groups excluding carboxylic acids is 1. The van der Waals surface area contributed by atoms with E-state index in [2.05, 4.69) is 4.74 Å². The van der Waals surface area contributed by atoms with Gasteiger partial charge >= 0.3 is 12.6 Å². The van der Waals surface area contributed by atoms with Gasteiger partial charge < -0.3 is 4.74 Å². The van der Waals surface area contributed by atoms with Crippen LogP contribution in [0.4, 0.5) is 13.2 Å². The smallest absolute Gasteiger partial charge is 0.417 e. The molecular weight excluding hydrogens is 221 g/mol. The standard InChI is InChI=1S/C11H8F3O2/c12-11(13,14)10-5-1-3-9(7-10)4-2-6-16-8-15/h1-5,7H,6H2. The van der Waals surface area contributed by atoms with Crippen molar-refractivity contribution in [1.82, 2.24) is 0 Å². The Morgan fingerprint density at radius 2 is 2.12 bits per heavy atom. The first kappa shape index (κ1) is 12.3. The normalized spacial score (nSPS) is 11.7. The van der Waals surface area contributed by atoms with Crippen molar-refractivity contribution < 1.29 is 22.7 Å². The molecule has 0 spiro atoms. The Kier molecular flexibility index (Phi) is 4.10. The van der Waals surface area contributed by atoms with E-state index in [0.717, 1.165) is 12.1 Å². The predicted molar refractivity (Wildman–Crippen MR) is 52.1 cm³/mol. The summed E-state index contributed by atoms with van der Waals surface area (Å²) in [6, 6.07) is 4.85. The van der Waals surface area contributed by atoms with Crippen LogP contribution in [0.3, 0.4) is 0 Å². The highest BCUT2D eigenvalue weighted by Crippen LogP contribution is 2.29. The number of halogens is 3. The summed E-state index contributed by atoms with van der Waals surface area (Å²) < 4.78 is 41.2. The Hall–Kier alpha value is -1.78. The molecule has 0 heterocycles. The molecule has 2 nitrogen and oxygen atoms in total. The van der Waals surface area contributed by atoms with Crippen LogP contribution in [0.2, 0.25) is 0 Å². The summed E-state index contributed by atoms with van der Waals surface area (Å²) in [5.74, 6) is 0. The van der Waals surface area contributed by atoms with Crippen molar-refractivity contribution in [3.05, 3.63) is 41.5 Å². The molecule has 0 aliphatic heterocycles. The molecule has 0 bridgehead atoms. The molecule has 0 N–H and O–H groups in total. The van der Waals surface area contributed by atoms with E-state index in [1.807, 2.05) is 0 Å². The molecule has 16 heavy (non-hydrogen) atoms. The molecule has 5 heteroatoms. The van der Waals surface area contributed by atoms with Crippen molar-refractivity contribution in [1.29, 1.82) is 0 Å². The summed E-state index contributed by atoms with van der Waals surface area (Å²) in [7, 11) is 0. The van der Waals surface area contributed by atoms with Crippen molar-refractivity contribution >= 4 is 12.5 Å². The van der Waals surface area contributed by atoms with Gasteiger partial charge in [0.1, 0.15) is 6.61 Å². The number of ether oxygens (including phenoxy) is 1. The van der Waals surface area contributed by atoms with E-state index in [9.17, 15) is 18.0 Å². The summed E-state index contributed by atoms with van der Waals surface area (Å²) in [6.07, 6.45) is -1.48. The first-order chi connectivity index (χ1) is 7.54. The Labute approximate surface area is 90.3 Å². The van der Waals surface area contributed by atoms with Gasteiger partial charge in [0.2, 0.25) is 0 Å². The zero-order chi connectivity index (χ0) is 12.0. The fourth-order valence-electron chi connectivity index (χ4n) is 1.08. The largest absolute Gasteiger partial charge is 0.453 e. The molecule has 0 aliphatic carbocycles. The van der Waals surface area contributed by atoms with Crippen LogP contribution in [-0.2, 0) is 15.7 Å². The Morgan fingerprint density at radius 3 is 2.75 bits per heavy atom. The van der Waals surface area contributed by atoms with E-state index in [1.54, 1.807) is 0 Å². The van der Waals surface area contributed by atoms with Crippen LogP contribution in [0.1, 0.15) is 11.1 Å². The second kappa shape index (κ2) is 5.34. The highest BCUT2D eigenvalue weighted by atomic mass is 19.4. The molecule has 1 rings (SSSR count). The zero-order valence-corrected chi connectivity index (χ0v) is 8.12. The zero-order valence-electron chi connectivity index (χ0n) is 8.12. The Balaban J connectivity index is 2.75. The van der Waals surface area contributed by atoms with Gasteiger partial charge in [-0.15, -0.1) is 0 Å². The lowest BCUT2D eigenvalue weighted by molar-refractivity contribution is -0.137. The van der Waals surface area contributed by atoms with Crippen molar-refractivity contribution in [2.45, 2.75) is 6.18 Å². The van der Waals surface area contributed by atoms with Gasteiger partial charge in [0.25, 0.3) is 0 Å². The molecular formula is C11H8F3O2. The van der Waals surface area contributed by atoms with Crippen LogP contribution in [0.25, 0.3) is 6.08 Å². The number of benzene rings is 1. The number of hydrogen-bond donors (Lipinski definition) is 0. The molecule has 1 aromatic carbocycles. The highest BCUT2D eigenvalue weighted by Gasteiger charge is 2.30. The third kappa shape index (κ3) is 3.76. The monoisotopic (exact) mass is 229 g/mol. The van der Waals surface area contributed by atoms with Gasteiger partial charge in [0.15, 0.2) is 0 Å². The first-order valence-corrected chi connectivity index (χ1v) is 4.37. The van der Waals surface area contributed by atoms with E-state index in [0.29, 0.717) is 5.56 Å². The SMILES string of the molecule is O=[C]OCC=Cc1cccc(C(F)(F)F)c1.